The Morgan fingerprint density at radius 2 is 1.70 bits per heavy atom. The number of aromatic amines is 1. The van der Waals surface area contributed by atoms with E-state index >= 15 is 0 Å². The Kier molecular flexibility index (Phi) is 5.26. The smallest absolute Gasteiger partial charge is 0.273 e. The largest absolute Gasteiger partial charge is 0.334 e. The SMILES string of the molecule is CCc1cccc(CC)c1-n1c(=O)[nH]c(=O)c2cc(Cl)c(-c3ccccc3F)nc21. The van der Waals surface area contributed by atoms with Crippen molar-refractivity contribution in [2.75, 3.05) is 0 Å². The lowest BCUT2D eigenvalue weighted by Crippen LogP contribution is -2.31. The van der Waals surface area contributed by atoms with Crippen molar-refractivity contribution in [2.24, 2.45) is 0 Å². The Balaban J connectivity index is 2.18. The lowest BCUT2D eigenvalue weighted by molar-refractivity contribution is 0.631. The number of aryl methyl sites for hydroxylation is 2. The number of aromatic nitrogens is 3. The van der Waals surface area contributed by atoms with Crippen LogP contribution in [-0.4, -0.2) is 14.5 Å². The fraction of sp³-hybridized carbons (Fsp3) is 0.174. The van der Waals surface area contributed by atoms with Crippen LogP contribution in [0.15, 0.2) is 58.1 Å². The van der Waals surface area contributed by atoms with E-state index in [0.29, 0.717) is 18.5 Å². The number of para-hydroxylation sites is 1. The minimum Gasteiger partial charge on any atom is -0.273 e. The van der Waals surface area contributed by atoms with Gasteiger partial charge in [0.25, 0.3) is 5.56 Å². The molecule has 0 aliphatic heterocycles. The molecule has 0 aliphatic rings. The topological polar surface area (TPSA) is 67.8 Å². The van der Waals surface area contributed by atoms with Crippen LogP contribution in [0.2, 0.25) is 5.02 Å². The van der Waals surface area contributed by atoms with Crippen LogP contribution < -0.4 is 11.2 Å². The van der Waals surface area contributed by atoms with Gasteiger partial charge in [0.2, 0.25) is 0 Å². The van der Waals surface area contributed by atoms with E-state index < -0.39 is 17.1 Å². The molecule has 4 aromatic rings. The number of pyridine rings is 1. The predicted octanol–water partition coefficient (Wildman–Crippen LogP) is 4.66. The molecule has 4 rings (SSSR count). The standard InChI is InChI=1S/C23H19ClFN3O2/c1-3-13-8-7-9-14(4-2)20(13)28-21-16(22(29)27-23(28)30)12-17(24)19(26-21)15-10-5-6-11-18(15)25/h5-12H,3-4H2,1-2H3,(H,27,29,30). The maximum atomic E-state index is 14.4. The maximum absolute atomic E-state index is 14.4. The van der Waals surface area contributed by atoms with Crippen LogP contribution in [0, 0.1) is 5.82 Å². The molecule has 0 saturated carbocycles. The third-order valence-electron chi connectivity index (χ3n) is 5.15. The average molecular weight is 424 g/mol. The second-order valence-corrected chi connectivity index (χ2v) is 7.30. The van der Waals surface area contributed by atoms with Crippen molar-refractivity contribution in [3.8, 4) is 16.9 Å². The van der Waals surface area contributed by atoms with Crippen molar-refractivity contribution in [3.05, 3.63) is 91.3 Å². The second-order valence-electron chi connectivity index (χ2n) is 6.90. The number of benzene rings is 2. The minimum atomic E-state index is -0.600. The number of fused-ring (bicyclic) bond motifs is 1. The molecule has 0 atom stereocenters. The highest BCUT2D eigenvalue weighted by atomic mass is 35.5. The van der Waals surface area contributed by atoms with Crippen LogP contribution in [-0.2, 0) is 12.8 Å². The van der Waals surface area contributed by atoms with Crippen LogP contribution >= 0.6 is 11.6 Å². The molecule has 0 fully saturated rings. The molecule has 1 N–H and O–H groups in total. The molecule has 152 valence electrons. The zero-order chi connectivity index (χ0) is 21.4. The molecule has 0 bridgehead atoms. The summed E-state index contributed by atoms with van der Waals surface area (Å²) in [6, 6.07) is 13.4. The molecule has 2 heterocycles. The van der Waals surface area contributed by atoms with E-state index in [1.54, 1.807) is 18.2 Å². The van der Waals surface area contributed by atoms with E-state index in [1.165, 1.54) is 16.7 Å². The Hall–Kier alpha value is -3.25. The summed E-state index contributed by atoms with van der Waals surface area (Å²) < 4.78 is 15.8. The molecule has 0 spiro atoms. The van der Waals surface area contributed by atoms with Gasteiger partial charge in [0.1, 0.15) is 5.82 Å². The van der Waals surface area contributed by atoms with E-state index in [9.17, 15) is 14.0 Å². The van der Waals surface area contributed by atoms with Crippen molar-refractivity contribution >= 4 is 22.6 Å². The third-order valence-corrected chi connectivity index (χ3v) is 5.44. The molecule has 5 nitrogen and oxygen atoms in total. The Morgan fingerprint density at radius 1 is 1.03 bits per heavy atom. The molecular formula is C23H19ClFN3O2. The highest BCUT2D eigenvalue weighted by Crippen LogP contribution is 2.31. The molecular weight excluding hydrogens is 405 g/mol. The monoisotopic (exact) mass is 423 g/mol. The van der Waals surface area contributed by atoms with Crippen LogP contribution in [0.5, 0.6) is 0 Å². The summed E-state index contributed by atoms with van der Waals surface area (Å²) in [5.41, 5.74) is 1.88. The quantitative estimate of drug-likeness (QED) is 0.519. The summed E-state index contributed by atoms with van der Waals surface area (Å²) in [4.78, 5) is 32.4. The molecule has 30 heavy (non-hydrogen) atoms. The zero-order valence-corrected chi connectivity index (χ0v) is 17.3. The number of hydrogen-bond donors (Lipinski definition) is 1. The first kappa shape index (κ1) is 20.0. The predicted molar refractivity (Wildman–Crippen MR) is 117 cm³/mol. The summed E-state index contributed by atoms with van der Waals surface area (Å²) in [5, 5.41) is 0.287. The van der Waals surface area contributed by atoms with E-state index in [1.807, 2.05) is 32.0 Å². The van der Waals surface area contributed by atoms with Gasteiger partial charge < -0.3 is 0 Å². The Bertz CT molecular complexity index is 1370. The second kappa shape index (κ2) is 7.88. The van der Waals surface area contributed by atoms with Gasteiger partial charge >= 0.3 is 5.69 Å². The van der Waals surface area contributed by atoms with Gasteiger partial charge in [-0.05, 0) is 42.2 Å². The van der Waals surface area contributed by atoms with Crippen LogP contribution in [0.4, 0.5) is 4.39 Å². The van der Waals surface area contributed by atoms with E-state index in [4.69, 9.17) is 11.6 Å². The van der Waals surface area contributed by atoms with Gasteiger partial charge in [-0.15, -0.1) is 0 Å². The summed E-state index contributed by atoms with van der Waals surface area (Å²) in [6.07, 6.45) is 1.37. The first-order valence-corrected chi connectivity index (χ1v) is 10.1. The van der Waals surface area contributed by atoms with Crippen molar-refractivity contribution in [1.82, 2.24) is 14.5 Å². The number of rotatable bonds is 4. The van der Waals surface area contributed by atoms with E-state index in [-0.39, 0.29) is 27.3 Å². The number of H-pyrrole nitrogens is 1. The van der Waals surface area contributed by atoms with Gasteiger partial charge in [-0.3, -0.25) is 9.78 Å². The molecule has 0 radical (unpaired) electrons. The van der Waals surface area contributed by atoms with Crippen molar-refractivity contribution in [2.45, 2.75) is 26.7 Å². The minimum absolute atomic E-state index is 0.128. The molecule has 0 aliphatic carbocycles. The highest BCUT2D eigenvalue weighted by molar-refractivity contribution is 6.33. The summed E-state index contributed by atoms with van der Waals surface area (Å²) in [5.74, 6) is -0.492. The zero-order valence-electron chi connectivity index (χ0n) is 16.5. The third kappa shape index (κ3) is 3.23. The van der Waals surface area contributed by atoms with Crippen LogP contribution in [0.3, 0.4) is 0 Å². The van der Waals surface area contributed by atoms with E-state index in [2.05, 4.69) is 9.97 Å². The number of halogens is 2. The summed E-state index contributed by atoms with van der Waals surface area (Å²) in [7, 11) is 0. The number of nitrogens with zero attached hydrogens (tertiary/aromatic N) is 2. The van der Waals surface area contributed by atoms with E-state index in [0.717, 1.165) is 11.1 Å². The van der Waals surface area contributed by atoms with Crippen molar-refractivity contribution in [1.29, 1.82) is 0 Å². The Morgan fingerprint density at radius 3 is 2.33 bits per heavy atom. The fourth-order valence-electron chi connectivity index (χ4n) is 3.69. The molecule has 0 amide bonds. The van der Waals surface area contributed by atoms with Gasteiger partial charge in [0.05, 0.1) is 21.8 Å². The van der Waals surface area contributed by atoms with Crippen molar-refractivity contribution < 1.29 is 4.39 Å². The lowest BCUT2D eigenvalue weighted by atomic mass is 10.0. The average Bonchev–Trinajstić information content (AvgIpc) is 2.74. The first-order valence-electron chi connectivity index (χ1n) is 9.67. The highest BCUT2D eigenvalue weighted by Gasteiger charge is 2.19. The molecule has 0 saturated heterocycles. The summed E-state index contributed by atoms with van der Waals surface area (Å²) >= 11 is 6.37. The fourth-order valence-corrected chi connectivity index (χ4v) is 3.94. The van der Waals surface area contributed by atoms with Crippen LogP contribution in [0.25, 0.3) is 28.0 Å². The van der Waals surface area contributed by atoms with Gasteiger partial charge in [-0.2, -0.15) is 0 Å². The van der Waals surface area contributed by atoms with Gasteiger partial charge in [0.15, 0.2) is 5.65 Å². The van der Waals surface area contributed by atoms with Crippen LogP contribution in [0.1, 0.15) is 25.0 Å². The lowest BCUT2D eigenvalue weighted by Gasteiger charge is -2.17. The maximum Gasteiger partial charge on any atom is 0.334 e. The molecule has 2 aromatic heterocycles. The molecule has 2 aromatic carbocycles. The number of hydrogen-bond acceptors (Lipinski definition) is 3. The molecule has 0 unspecified atom stereocenters. The van der Waals surface area contributed by atoms with Gasteiger partial charge in [0, 0.05) is 5.56 Å². The Labute approximate surface area is 176 Å². The molecule has 7 heteroatoms. The normalized spacial score (nSPS) is 11.2. The van der Waals surface area contributed by atoms with Gasteiger partial charge in [-0.1, -0.05) is 55.8 Å². The van der Waals surface area contributed by atoms with Gasteiger partial charge in [-0.25, -0.2) is 18.7 Å². The number of nitrogens with one attached hydrogen (secondary N) is 1. The summed E-state index contributed by atoms with van der Waals surface area (Å²) in [6.45, 7) is 3.98. The van der Waals surface area contributed by atoms with Crippen molar-refractivity contribution in [3.63, 3.8) is 0 Å². The first-order chi connectivity index (χ1) is 14.5.